The van der Waals surface area contributed by atoms with Crippen LogP contribution >= 0.6 is 34.8 Å². The maximum atomic E-state index is 13.9. The summed E-state index contributed by atoms with van der Waals surface area (Å²) >= 11 is 21.1. The molecule has 2 amide bonds. The summed E-state index contributed by atoms with van der Waals surface area (Å²) in [5.41, 5.74) is 4.41. The van der Waals surface area contributed by atoms with Crippen molar-refractivity contribution in [2.45, 2.75) is 16.7 Å². The van der Waals surface area contributed by atoms with Crippen molar-refractivity contribution in [3.05, 3.63) is 99.6 Å². The minimum Gasteiger partial charge on any atom is -0.274 e. The van der Waals surface area contributed by atoms with E-state index < -0.39 is 21.6 Å². The molecule has 1 fully saturated rings. The summed E-state index contributed by atoms with van der Waals surface area (Å²) in [5, 5.41) is 0.451. The summed E-state index contributed by atoms with van der Waals surface area (Å²) in [6.45, 7) is 1.85. The molecule has 0 N–H and O–H groups in total. The van der Waals surface area contributed by atoms with E-state index in [0.717, 1.165) is 27.8 Å². The molecule has 3 aromatic rings. The number of aryl methyl sites for hydroxylation is 1. The molecular formula is C25H16Cl3NO2. The molecule has 2 atom stereocenters. The SMILES string of the molecule is Cc1ccc(Cl)cc1N1C(=O)[C@H]2[C@H](C1=O)C1(Cl)c3ccccc3C2(Cl)c2ccccc21. The fourth-order valence-corrected chi connectivity index (χ4v) is 6.99. The van der Waals surface area contributed by atoms with Gasteiger partial charge in [0.15, 0.2) is 0 Å². The number of carbonyl (C=O) groups is 2. The summed E-state index contributed by atoms with van der Waals surface area (Å²) < 4.78 is 0. The summed E-state index contributed by atoms with van der Waals surface area (Å²) in [6, 6.07) is 20.4. The van der Waals surface area contributed by atoms with Crippen LogP contribution in [0.4, 0.5) is 5.69 Å². The van der Waals surface area contributed by atoms with Crippen LogP contribution in [0.25, 0.3) is 0 Å². The van der Waals surface area contributed by atoms with Gasteiger partial charge >= 0.3 is 0 Å². The zero-order valence-corrected chi connectivity index (χ0v) is 18.7. The first-order valence-corrected chi connectivity index (χ1v) is 11.2. The Kier molecular flexibility index (Phi) is 3.83. The van der Waals surface area contributed by atoms with Crippen molar-refractivity contribution >= 4 is 52.3 Å². The van der Waals surface area contributed by atoms with Gasteiger partial charge in [0.1, 0.15) is 9.75 Å². The molecule has 1 aliphatic heterocycles. The Hall–Kier alpha value is -2.33. The highest BCUT2D eigenvalue weighted by Gasteiger charge is 2.73. The number of nitrogens with zero attached hydrogens (tertiary/aromatic N) is 1. The lowest BCUT2D eigenvalue weighted by Gasteiger charge is -2.54. The largest absolute Gasteiger partial charge is 0.274 e. The number of benzene rings is 3. The van der Waals surface area contributed by atoms with Gasteiger partial charge in [0.05, 0.1) is 17.5 Å². The fraction of sp³-hybridized carbons (Fsp3) is 0.200. The molecule has 3 aromatic carbocycles. The standard InChI is InChI=1S/C25H16Cl3NO2/c1-13-10-11-14(26)12-19(13)29-22(30)20-21(23(29)31)25(28)16-7-3-2-6-15(16)24(20,27)17-8-4-5-9-18(17)25/h2-12,20-21H,1H3/t20-,21-,24?,25?/m1/s1. The molecular weight excluding hydrogens is 453 g/mol. The molecule has 3 nitrogen and oxygen atoms in total. The zero-order chi connectivity index (χ0) is 21.7. The van der Waals surface area contributed by atoms with Gasteiger partial charge in [-0.3, -0.25) is 9.59 Å². The van der Waals surface area contributed by atoms with Crippen LogP contribution in [-0.2, 0) is 19.3 Å². The summed E-state index contributed by atoms with van der Waals surface area (Å²) in [5.74, 6) is -2.32. The van der Waals surface area contributed by atoms with Gasteiger partial charge in [-0.15, -0.1) is 23.2 Å². The highest BCUT2D eigenvalue weighted by molar-refractivity contribution is 6.39. The lowest BCUT2D eigenvalue weighted by Crippen LogP contribution is -2.57. The third-order valence-corrected chi connectivity index (χ3v) is 8.52. The van der Waals surface area contributed by atoms with Gasteiger partial charge in [-0.1, -0.05) is 66.2 Å². The normalized spacial score (nSPS) is 30.3. The molecule has 4 aliphatic rings. The van der Waals surface area contributed by atoms with Crippen molar-refractivity contribution in [2.75, 3.05) is 4.90 Å². The number of halogens is 3. The van der Waals surface area contributed by atoms with E-state index in [4.69, 9.17) is 34.8 Å². The van der Waals surface area contributed by atoms with Crippen LogP contribution < -0.4 is 4.90 Å². The minimum absolute atomic E-state index is 0.343. The third-order valence-electron chi connectivity index (χ3n) is 7.00. The van der Waals surface area contributed by atoms with E-state index in [2.05, 4.69) is 0 Å². The molecule has 0 spiro atoms. The van der Waals surface area contributed by atoms with Crippen molar-refractivity contribution < 1.29 is 9.59 Å². The number of anilines is 1. The topological polar surface area (TPSA) is 37.4 Å². The number of amides is 2. The summed E-state index contributed by atoms with van der Waals surface area (Å²) in [4.78, 5) is 26.7. The van der Waals surface area contributed by atoms with Crippen LogP contribution in [0.5, 0.6) is 0 Å². The molecule has 1 saturated heterocycles. The Balaban J connectivity index is 1.67. The second-order valence-corrected chi connectivity index (χ2v) is 10.0. The molecule has 154 valence electrons. The number of alkyl halides is 2. The van der Waals surface area contributed by atoms with E-state index in [9.17, 15) is 9.59 Å². The first-order valence-electron chi connectivity index (χ1n) is 10.0. The van der Waals surface area contributed by atoms with Gasteiger partial charge in [-0.2, -0.15) is 0 Å². The molecule has 0 aromatic heterocycles. The van der Waals surface area contributed by atoms with Gasteiger partial charge in [0.2, 0.25) is 11.8 Å². The minimum atomic E-state index is -1.18. The molecule has 0 saturated carbocycles. The van der Waals surface area contributed by atoms with Gasteiger partial charge in [0, 0.05) is 5.02 Å². The van der Waals surface area contributed by atoms with E-state index in [1.165, 1.54) is 4.90 Å². The number of rotatable bonds is 1. The fourth-order valence-electron chi connectivity index (χ4n) is 5.73. The Morgan fingerprint density at radius 2 is 1.16 bits per heavy atom. The molecule has 0 radical (unpaired) electrons. The highest BCUT2D eigenvalue weighted by atomic mass is 35.5. The molecule has 0 unspecified atom stereocenters. The van der Waals surface area contributed by atoms with Crippen molar-refractivity contribution in [1.29, 1.82) is 0 Å². The lowest BCUT2D eigenvalue weighted by molar-refractivity contribution is -0.122. The Morgan fingerprint density at radius 1 is 0.742 bits per heavy atom. The number of hydrogen-bond acceptors (Lipinski definition) is 2. The maximum absolute atomic E-state index is 13.9. The van der Waals surface area contributed by atoms with Crippen LogP contribution in [0.3, 0.4) is 0 Å². The van der Waals surface area contributed by atoms with E-state index >= 15 is 0 Å². The van der Waals surface area contributed by atoms with Crippen LogP contribution in [0.2, 0.25) is 5.02 Å². The van der Waals surface area contributed by atoms with Crippen molar-refractivity contribution in [1.82, 2.24) is 0 Å². The highest BCUT2D eigenvalue weighted by Crippen LogP contribution is 2.69. The van der Waals surface area contributed by atoms with Crippen LogP contribution in [-0.4, -0.2) is 11.8 Å². The maximum Gasteiger partial charge on any atom is 0.240 e. The summed E-state index contributed by atoms with van der Waals surface area (Å²) in [7, 11) is 0. The van der Waals surface area contributed by atoms with Gasteiger partial charge in [-0.25, -0.2) is 4.90 Å². The second-order valence-electron chi connectivity index (χ2n) is 8.41. The quantitative estimate of drug-likeness (QED) is 0.337. The van der Waals surface area contributed by atoms with Gasteiger partial charge in [0.25, 0.3) is 0 Å². The van der Waals surface area contributed by atoms with Gasteiger partial charge in [-0.05, 0) is 46.9 Å². The van der Waals surface area contributed by atoms with Crippen LogP contribution in [0, 0.1) is 18.8 Å². The third kappa shape index (κ3) is 2.12. The van der Waals surface area contributed by atoms with E-state index in [1.807, 2.05) is 55.5 Å². The van der Waals surface area contributed by atoms with E-state index in [-0.39, 0.29) is 11.8 Å². The van der Waals surface area contributed by atoms with E-state index in [1.54, 1.807) is 18.2 Å². The molecule has 1 heterocycles. The smallest absolute Gasteiger partial charge is 0.240 e. The average Bonchev–Trinajstić information content (AvgIpc) is 3.05. The number of carbonyl (C=O) groups excluding carboxylic acids is 2. The molecule has 7 rings (SSSR count). The zero-order valence-electron chi connectivity index (χ0n) is 16.4. The van der Waals surface area contributed by atoms with Crippen molar-refractivity contribution in [2.24, 2.45) is 11.8 Å². The second kappa shape index (κ2) is 6.13. The molecule has 31 heavy (non-hydrogen) atoms. The number of hydrogen-bond donors (Lipinski definition) is 0. The van der Waals surface area contributed by atoms with E-state index in [0.29, 0.717) is 10.7 Å². The molecule has 3 aliphatic carbocycles. The first-order chi connectivity index (χ1) is 14.8. The Labute approximate surface area is 194 Å². The predicted octanol–water partition coefficient (Wildman–Crippen LogP) is 5.75. The van der Waals surface area contributed by atoms with Crippen LogP contribution in [0.15, 0.2) is 66.7 Å². The van der Waals surface area contributed by atoms with Crippen molar-refractivity contribution in [3.8, 4) is 0 Å². The average molecular weight is 469 g/mol. The summed E-state index contributed by atoms with van der Waals surface area (Å²) in [6.07, 6.45) is 0. The lowest BCUT2D eigenvalue weighted by atomic mass is 9.54. The number of imide groups is 1. The van der Waals surface area contributed by atoms with Crippen LogP contribution in [0.1, 0.15) is 27.8 Å². The van der Waals surface area contributed by atoms with Gasteiger partial charge < -0.3 is 0 Å². The van der Waals surface area contributed by atoms with Crippen molar-refractivity contribution in [3.63, 3.8) is 0 Å². The molecule has 2 bridgehead atoms. The monoisotopic (exact) mass is 467 g/mol. The first kappa shape index (κ1) is 19.4. The Morgan fingerprint density at radius 3 is 1.58 bits per heavy atom. The molecule has 6 heteroatoms. The Bertz CT molecular complexity index is 1200. The predicted molar refractivity (Wildman–Crippen MR) is 122 cm³/mol.